The normalized spacial score (nSPS) is 16.7. The predicted octanol–water partition coefficient (Wildman–Crippen LogP) is 1.86. The van der Waals surface area contributed by atoms with Gasteiger partial charge in [0, 0.05) is 19.2 Å². The average Bonchev–Trinajstić information content (AvgIpc) is 2.52. The quantitative estimate of drug-likeness (QED) is 0.687. The molecule has 0 aromatic carbocycles. The Morgan fingerprint density at radius 2 is 2.38 bits per heavy atom. The lowest BCUT2D eigenvalue weighted by atomic mass is 10.4. The van der Waals surface area contributed by atoms with Crippen LogP contribution in [0.2, 0.25) is 5.02 Å². The van der Waals surface area contributed by atoms with Crippen molar-refractivity contribution in [1.29, 1.82) is 0 Å². The van der Waals surface area contributed by atoms with E-state index < -0.39 is 0 Å². The van der Waals surface area contributed by atoms with Crippen molar-refractivity contribution >= 4 is 23.3 Å². The van der Waals surface area contributed by atoms with E-state index in [4.69, 9.17) is 11.6 Å². The van der Waals surface area contributed by atoms with Crippen LogP contribution in [0.15, 0.2) is 18.3 Å². The van der Waals surface area contributed by atoms with E-state index in [1.165, 1.54) is 0 Å². The Kier molecular flexibility index (Phi) is 2.19. The topological polar surface area (TPSA) is 33.2 Å². The van der Waals surface area contributed by atoms with Crippen molar-refractivity contribution in [2.24, 2.45) is 0 Å². The van der Waals surface area contributed by atoms with Gasteiger partial charge >= 0.3 is 0 Å². The zero-order valence-electron chi connectivity index (χ0n) is 7.03. The molecule has 68 valence electrons. The third-order valence-electron chi connectivity index (χ3n) is 2.07. The van der Waals surface area contributed by atoms with Crippen molar-refractivity contribution < 1.29 is 4.79 Å². The number of nitrogens with zero attached hydrogens (tertiary/aromatic N) is 2. The molecule has 1 aliphatic heterocycles. The first-order chi connectivity index (χ1) is 6.29. The van der Waals surface area contributed by atoms with Gasteiger partial charge in [-0.1, -0.05) is 11.6 Å². The van der Waals surface area contributed by atoms with Gasteiger partial charge in [-0.15, -0.1) is 0 Å². The van der Waals surface area contributed by atoms with Crippen LogP contribution in [0.25, 0.3) is 0 Å². The Labute approximate surface area is 81.3 Å². The lowest BCUT2D eigenvalue weighted by Gasteiger charge is -2.14. The third kappa shape index (κ3) is 1.52. The minimum atomic E-state index is 0.112. The molecule has 1 saturated heterocycles. The lowest BCUT2D eigenvalue weighted by molar-refractivity contribution is -0.117. The first-order valence-electron chi connectivity index (χ1n) is 4.20. The summed E-state index contributed by atoms with van der Waals surface area (Å²) in [5.41, 5.74) is 0. The fourth-order valence-electron chi connectivity index (χ4n) is 1.45. The molecule has 0 bridgehead atoms. The molecule has 1 aromatic heterocycles. The van der Waals surface area contributed by atoms with Crippen molar-refractivity contribution in [3.8, 4) is 0 Å². The summed E-state index contributed by atoms with van der Waals surface area (Å²) in [6.07, 6.45) is 3.14. The van der Waals surface area contributed by atoms with Crippen molar-refractivity contribution in [3.05, 3.63) is 23.4 Å². The van der Waals surface area contributed by atoms with E-state index in [1.54, 1.807) is 23.2 Å². The molecule has 2 heterocycles. The summed E-state index contributed by atoms with van der Waals surface area (Å²) in [5.74, 6) is 0.701. The van der Waals surface area contributed by atoms with E-state index in [2.05, 4.69) is 4.98 Å². The van der Waals surface area contributed by atoms with Crippen LogP contribution in [-0.4, -0.2) is 17.4 Å². The van der Waals surface area contributed by atoms with E-state index >= 15 is 0 Å². The summed E-state index contributed by atoms with van der Waals surface area (Å²) < 4.78 is 0. The molecule has 1 aliphatic rings. The van der Waals surface area contributed by atoms with Crippen LogP contribution in [0, 0.1) is 0 Å². The summed E-state index contributed by atoms with van der Waals surface area (Å²) >= 11 is 5.91. The molecule has 0 saturated carbocycles. The molecule has 13 heavy (non-hydrogen) atoms. The molecule has 0 atom stereocenters. The van der Waals surface area contributed by atoms with Crippen molar-refractivity contribution in [2.45, 2.75) is 12.8 Å². The number of anilines is 1. The smallest absolute Gasteiger partial charge is 0.228 e. The van der Waals surface area contributed by atoms with E-state index in [9.17, 15) is 4.79 Å². The highest BCUT2D eigenvalue weighted by atomic mass is 35.5. The molecule has 1 aromatic rings. The van der Waals surface area contributed by atoms with Gasteiger partial charge in [-0.05, 0) is 18.6 Å². The monoisotopic (exact) mass is 196 g/mol. The van der Waals surface area contributed by atoms with Crippen molar-refractivity contribution in [2.75, 3.05) is 11.4 Å². The van der Waals surface area contributed by atoms with E-state index in [0.717, 1.165) is 13.0 Å². The minimum absolute atomic E-state index is 0.112. The maximum atomic E-state index is 11.4. The number of hydrogen-bond acceptors (Lipinski definition) is 2. The summed E-state index contributed by atoms with van der Waals surface area (Å²) in [4.78, 5) is 17.1. The molecular formula is C9H9ClN2O. The molecule has 0 spiro atoms. The summed E-state index contributed by atoms with van der Waals surface area (Å²) in [5, 5.41) is 0.540. The Balaban J connectivity index is 2.34. The van der Waals surface area contributed by atoms with Gasteiger partial charge in [0.25, 0.3) is 0 Å². The van der Waals surface area contributed by atoms with Crippen LogP contribution < -0.4 is 4.90 Å². The number of aromatic nitrogens is 1. The van der Waals surface area contributed by atoms with E-state index in [1.807, 2.05) is 0 Å². The third-order valence-corrected chi connectivity index (χ3v) is 2.36. The molecule has 1 fully saturated rings. The number of carbonyl (C=O) groups excluding carboxylic acids is 1. The Bertz CT molecular complexity index is 340. The Morgan fingerprint density at radius 1 is 1.54 bits per heavy atom. The highest BCUT2D eigenvalue weighted by Crippen LogP contribution is 2.26. The number of pyridine rings is 1. The lowest BCUT2D eigenvalue weighted by Crippen LogP contribution is -2.24. The van der Waals surface area contributed by atoms with Crippen molar-refractivity contribution in [1.82, 2.24) is 4.98 Å². The summed E-state index contributed by atoms with van der Waals surface area (Å²) in [6, 6.07) is 3.50. The number of carbonyl (C=O) groups is 1. The molecule has 0 unspecified atom stereocenters. The fourth-order valence-corrected chi connectivity index (χ4v) is 1.67. The highest BCUT2D eigenvalue weighted by Gasteiger charge is 2.24. The Hall–Kier alpha value is -1.09. The molecule has 0 N–H and O–H groups in total. The van der Waals surface area contributed by atoms with E-state index in [-0.39, 0.29) is 5.91 Å². The average molecular weight is 197 g/mol. The molecule has 4 heteroatoms. The number of halogens is 1. The van der Waals surface area contributed by atoms with E-state index in [0.29, 0.717) is 17.3 Å². The molecular weight excluding hydrogens is 188 g/mol. The SMILES string of the molecule is O=C1CCCN1c1ncccc1Cl. The van der Waals surface area contributed by atoms with Gasteiger partial charge in [0.2, 0.25) is 5.91 Å². The van der Waals surface area contributed by atoms with Crippen LogP contribution in [0.1, 0.15) is 12.8 Å². The second-order valence-corrected chi connectivity index (χ2v) is 3.36. The molecule has 1 amide bonds. The molecule has 0 radical (unpaired) electrons. The van der Waals surface area contributed by atoms with Gasteiger partial charge in [-0.25, -0.2) is 4.98 Å². The fraction of sp³-hybridized carbons (Fsp3) is 0.333. The van der Waals surface area contributed by atoms with Gasteiger partial charge in [0.05, 0.1) is 5.02 Å². The van der Waals surface area contributed by atoms with Crippen molar-refractivity contribution in [3.63, 3.8) is 0 Å². The molecule has 0 aliphatic carbocycles. The molecule has 3 nitrogen and oxygen atoms in total. The number of rotatable bonds is 1. The number of hydrogen-bond donors (Lipinski definition) is 0. The minimum Gasteiger partial charge on any atom is -0.296 e. The van der Waals surface area contributed by atoms with Crippen LogP contribution in [-0.2, 0) is 4.79 Å². The highest BCUT2D eigenvalue weighted by molar-refractivity contribution is 6.33. The Morgan fingerprint density at radius 3 is 3.00 bits per heavy atom. The predicted molar refractivity (Wildman–Crippen MR) is 50.8 cm³/mol. The van der Waals surface area contributed by atoms with Gasteiger partial charge in [-0.2, -0.15) is 0 Å². The second-order valence-electron chi connectivity index (χ2n) is 2.96. The first kappa shape index (κ1) is 8.51. The van der Waals surface area contributed by atoms with Crippen LogP contribution in [0.5, 0.6) is 0 Å². The largest absolute Gasteiger partial charge is 0.296 e. The zero-order valence-corrected chi connectivity index (χ0v) is 7.79. The van der Waals surface area contributed by atoms with Gasteiger partial charge in [-0.3, -0.25) is 9.69 Å². The second kappa shape index (κ2) is 3.34. The maximum Gasteiger partial charge on any atom is 0.228 e. The van der Waals surface area contributed by atoms with Crippen LogP contribution >= 0.6 is 11.6 Å². The van der Waals surface area contributed by atoms with Gasteiger partial charge in [0.1, 0.15) is 0 Å². The summed E-state index contributed by atoms with van der Waals surface area (Å²) in [6.45, 7) is 0.732. The standard InChI is InChI=1S/C9H9ClN2O/c10-7-3-1-5-11-9(7)12-6-2-4-8(12)13/h1,3,5H,2,4,6H2. The maximum absolute atomic E-state index is 11.4. The molecule has 2 rings (SSSR count). The van der Waals surface area contributed by atoms with Gasteiger partial charge in [0.15, 0.2) is 5.82 Å². The zero-order chi connectivity index (χ0) is 9.26. The number of amides is 1. The summed E-state index contributed by atoms with van der Waals surface area (Å²) in [7, 11) is 0. The van der Waals surface area contributed by atoms with Crippen LogP contribution in [0.4, 0.5) is 5.82 Å². The van der Waals surface area contributed by atoms with Gasteiger partial charge < -0.3 is 0 Å². The first-order valence-corrected chi connectivity index (χ1v) is 4.58. The van der Waals surface area contributed by atoms with Crippen LogP contribution in [0.3, 0.4) is 0 Å².